The van der Waals surface area contributed by atoms with Crippen molar-refractivity contribution in [2.75, 3.05) is 32.9 Å². The molecule has 1 aliphatic carbocycles. The van der Waals surface area contributed by atoms with Crippen LogP contribution in [-0.2, 0) is 9.47 Å². The van der Waals surface area contributed by atoms with E-state index in [0.717, 1.165) is 38.2 Å². The normalized spacial score (nSPS) is 27.8. The van der Waals surface area contributed by atoms with Gasteiger partial charge in [0.15, 0.2) is 0 Å². The minimum atomic E-state index is -0.226. The third-order valence-corrected chi connectivity index (χ3v) is 5.19. The molecule has 5 heteroatoms. The Morgan fingerprint density at radius 3 is 3.00 bits per heavy atom. The summed E-state index contributed by atoms with van der Waals surface area (Å²) in [5.74, 6) is 1.92. The van der Waals surface area contributed by atoms with Crippen LogP contribution < -0.4 is 0 Å². The molecule has 1 spiro atoms. The fourth-order valence-electron chi connectivity index (χ4n) is 4.00. The number of amides is 1. The maximum absolute atomic E-state index is 12.9. The van der Waals surface area contributed by atoms with E-state index in [1.165, 1.54) is 0 Å². The standard InChI is InChI=1S/C18H27NO4/c1-4-21-11-15-6-5-7-18(15)12-19(8-9-22-18)17(20)16-10-13(2)23-14(16)3/h10,15H,4-9,11-12H2,1-3H3/t15-,18+/m0/s1. The van der Waals surface area contributed by atoms with Crippen molar-refractivity contribution < 1.29 is 18.7 Å². The van der Waals surface area contributed by atoms with Crippen molar-refractivity contribution in [3.63, 3.8) is 0 Å². The van der Waals surface area contributed by atoms with Gasteiger partial charge in [-0.15, -0.1) is 0 Å². The number of hydrogen-bond acceptors (Lipinski definition) is 4. The van der Waals surface area contributed by atoms with Crippen LogP contribution in [0.4, 0.5) is 0 Å². The minimum Gasteiger partial charge on any atom is -0.466 e. The van der Waals surface area contributed by atoms with Crippen molar-refractivity contribution in [2.45, 2.75) is 45.6 Å². The molecule has 128 valence electrons. The second-order valence-corrected chi connectivity index (χ2v) is 6.72. The Labute approximate surface area is 137 Å². The van der Waals surface area contributed by atoms with Crippen molar-refractivity contribution in [1.82, 2.24) is 4.90 Å². The van der Waals surface area contributed by atoms with Gasteiger partial charge in [0.25, 0.3) is 5.91 Å². The molecule has 5 nitrogen and oxygen atoms in total. The van der Waals surface area contributed by atoms with E-state index >= 15 is 0 Å². The van der Waals surface area contributed by atoms with Gasteiger partial charge in [0, 0.05) is 19.1 Å². The minimum absolute atomic E-state index is 0.0593. The van der Waals surface area contributed by atoms with Gasteiger partial charge in [-0.25, -0.2) is 0 Å². The number of morpholine rings is 1. The first-order valence-corrected chi connectivity index (χ1v) is 8.64. The zero-order chi connectivity index (χ0) is 16.4. The fourth-order valence-corrected chi connectivity index (χ4v) is 4.00. The molecular weight excluding hydrogens is 294 g/mol. The largest absolute Gasteiger partial charge is 0.466 e. The quantitative estimate of drug-likeness (QED) is 0.855. The first-order chi connectivity index (χ1) is 11.1. The van der Waals surface area contributed by atoms with Crippen LogP contribution in [0.25, 0.3) is 0 Å². The number of furan rings is 1. The summed E-state index contributed by atoms with van der Waals surface area (Å²) in [6.07, 6.45) is 3.27. The van der Waals surface area contributed by atoms with Crippen LogP contribution >= 0.6 is 0 Å². The second kappa shape index (κ2) is 6.65. The molecule has 0 N–H and O–H groups in total. The first-order valence-electron chi connectivity index (χ1n) is 8.64. The lowest BCUT2D eigenvalue weighted by Crippen LogP contribution is -2.56. The van der Waals surface area contributed by atoms with E-state index in [-0.39, 0.29) is 11.5 Å². The summed E-state index contributed by atoms with van der Waals surface area (Å²) in [5.41, 5.74) is 0.453. The van der Waals surface area contributed by atoms with Crippen molar-refractivity contribution in [3.8, 4) is 0 Å². The van der Waals surface area contributed by atoms with Crippen LogP contribution in [0.3, 0.4) is 0 Å². The van der Waals surface area contributed by atoms with Gasteiger partial charge in [0.1, 0.15) is 11.5 Å². The van der Waals surface area contributed by atoms with Crippen molar-refractivity contribution in [2.24, 2.45) is 5.92 Å². The molecule has 1 amide bonds. The molecule has 23 heavy (non-hydrogen) atoms. The van der Waals surface area contributed by atoms with E-state index in [9.17, 15) is 4.79 Å². The molecule has 1 saturated carbocycles. The molecule has 2 aliphatic rings. The Hall–Kier alpha value is -1.33. The number of carbonyl (C=O) groups is 1. The zero-order valence-corrected chi connectivity index (χ0v) is 14.4. The molecule has 3 rings (SSSR count). The summed E-state index contributed by atoms with van der Waals surface area (Å²) in [4.78, 5) is 14.8. The van der Waals surface area contributed by atoms with E-state index in [1.807, 2.05) is 31.7 Å². The van der Waals surface area contributed by atoms with E-state index in [4.69, 9.17) is 13.9 Å². The highest BCUT2D eigenvalue weighted by Gasteiger charge is 2.48. The SMILES string of the molecule is CCOC[C@@H]1CCC[C@@]12CN(C(=O)c1cc(C)oc1C)CCO2. The van der Waals surface area contributed by atoms with E-state index in [0.29, 0.717) is 36.9 Å². The summed E-state index contributed by atoms with van der Waals surface area (Å²) in [5, 5.41) is 0. The number of ether oxygens (including phenoxy) is 2. The van der Waals surface area contributed by atoms with Crippen molar-refractivity contribution in [3.05, 3.63) is 23.2 Å². The Kier molecular flexibility index (Phi) is 4.78. The van der Waals surface area contributed by atoms with Crippen molar-refractivity contribution in [1.29, 1.82) is 0 Å². The van der Waals surface area contributed by atoms with Gasteiger partial charge in [0.2, 0.25) is 0 Å². The number of hydrogen-bond donors (Lipinski definition) is 0. The van der Waals surface area contributed by atoms with Gasteiger partial charge in [0.05, 0.1) is 30.9 Å². The second-order valence-electron chi connectivity index (χ2n) is 6.72. The van der Waals surface area contributed by atoms with Crippen LogP contribution in [0, 0.1) is 19.8 Å². The van der Waals surface area contributed by atoms with Gasteiger partial charge < -0.3 is 18.8 Å². The van der Waals surface area contributed by atoms with Gasteiger partial charge in [-0.2, -0.15) is 0 Å². The number of nitrogens with zero attached hydrogens (tertiary/aromatic N) is 1. The molecule has 1 aromatic heterocycles. The summed E-state index contributed by atoms with van der Waals surface area (Å²) in [6.45, 7) is 9.10. The van der Waals surface area contributed by atoms with E-state index < -0.39 is 0 Å². The lowest BCUT2D eigenvalue weighted by molar-refractivity contribution is -0.132. The number of aryl methyl sites for hydroxylation is 2. The predicted octanol–water partition coefficient (Wildman–Crippen LogP) is 2.94. The summed E-state index contributed by atoms with van der Waals surface area (Å²) in [6, 6.07) is 1.84. The lowest BCUT2D eigenvalue weighted by Gasteiger charge is -2.44. The number of carbonyl (C=O) groups excluding carboxylic acids is 1. The maximum Gasteiger partial charge on any atom is 0.257 e. The smallest absolute Gasteiger partial charge is 0.257 e. The molecule has 0 aromatic carbocycles. The molecule has 2 atom stereocenters. The van der Waals surface area contributed by atoms with E-state index in [2.05, 4.69) is 0 Å². The molecule has 1 aliphatic heterocycles. The Morgan fingerprint density at radius 1 is 1.48 bits per heavy atom. The molecule has 1 saturated heterocycles. The monoisotopic (exact) mass is 321 g/mol. The highest BCUT2D eigenvalue weighted by atomic mass is 16.5. The van der Waals surface area contributed by atoms with E-state index in [1.54, 1.807) is 0 Å². The Morgan fingerprint density at radius 2 is 2.30 bits per heavy atom. The zero-order valence-electron chi connectivity index (χ0n) is 14.4. The highest BCUT2D eigenvalue weighted by molar-refractivity contribution is 5.95. The third-order valence-electron chi connectivity index (χ3n) is 5.19. The maximum atomic E-state index is 12.9. The van der Waals surface area contributed by atoms with Crippen LogP contribution in [0.15, 0.2) is 10.5 Å². The predicted molar refractivity (Wildman–Crippen MR) is 86.6 cm³/mol. The molecule has 1 aromatic rings. The topological polar surface area (TPSA) is 51.9 Å². The molecule has 2 fully saturated rings. The van der Waals surface area contributed by atoms with Crippen LogP contribution in [0.5, 0.6) is 0 Å². The van der Waals surface area contributed by atoms with Crippen molar-refractivity contribution >= 4 is 5.91 Å². The molecule has 2 heterocycles. The summed E-state index contributed by atoms with van der Waals surface area (Å²) >= 11 is 0. The molecular formula is C18H27NO4. The molecule has 0 bridgehead atoms. The lowest BCUT2D eigenvalue weighted by atomic mass is 9.89. The van der Waals surface area contributed by atoms with Crippen LogP contribution in [0.1, 0.15) is 48.1 Å². The molecule has 0 radical (unpaired) electrons. The number of rotatable bonds is 4. The summed E-state index contributed by atoms with van der Waals surface area (Å²) in [7, 11) is 0. The Balaban J connectivity index is 1.75. The van der Waals surface area contributed by atoms with Crippen LogP contribution in [0.2, 0.25) is 0 Å². The highest BCUT2D eigenvalue weighted by Crippen LogP contribution is 2.41. The average Bonchev–Trinajstić information content (AvgIpc) is 3.07. The van der Waals surface area contributed by atoms with Gasteiger partial charge in [-0.05, 0) is 39.7 Å². The summed E-state index contributed by atoms with van der Waals surface area (Å²) < 4.78 is 17.4. The Bertz CT molecular complexity index is 567. The van der Waals surface area contributed by atoms with Crippen LogP contribution in [-0.4, -0.2) is 49.3 Å². The average molecular weight is 321 g/mol. The van der Waals surface area contributed by atoms with Gasteiger partial charge in [-0.1, -0.05) is 6.42 Å². The van der Waals surface area contributed by atoms with Gasteiger partial charge in [-0.3, -0.25) is 4.79 Å². The van der Waals surface area contributed by atoms with Gasteiger partial charge >= 0.3 is 0 Å². The fraction of sp³-hybridized carbons (Fsp3) is 0.722. The first kappa shape index (κ1) is 16.5. The third kappa shape index (κ3) is 3.17. The molecule has 0 unspecified atom stereocenters.